The van der Waals surface area contributed by atoms with Crippen molar-refractivity contribution in [1.82, 2.24) is 15.0 Å². The van der Waals surface area contributed by atoms with Gasteiger partial charge in [-0.05, 0) is 54.6 Å². The maximum Gasteiger partial charge on any atom is 0.0827 e. The molecular weight excluding hydrogens is 232 g/mol. The van der Waals surface area contributed by atoms with E-state index >= 15 is 0 Å². The predicted octanol–water partition coefficient (Wildman–Crippen LogP) is 1.86. The van der Waals surface area contributed by atoms with Gasteiger partial charge in [-0.3, -0.25) is 4.68 Å². The number of aryl methyl sites for hydroxylation is 3. The van der Waals surface area contributed by atoms with Crippen LogP contribution >= 0.6 is 11.3 Å². The highest BCUT2D eigenvalue weighted by molar-refractivity contribution is 7.07. The molecule has 0 bridgehead atoms. The molecule has 5 heteroatoms. The fourth-order valence-electron chi connectivity index (χ4n) is 1.69. The lowest BCUT2D eigenvalue weighted by Gasteiger charge is -1.97. The van der Waals surface area contributed by atoms with Crippen molar-refractivity contribution in [2.75, 3.05) is 6.54 Å². The van der Waals surface area contributed by atoms with Crippen molar-refractivity contribution >= 4 is 11.3 Å². The van der Waals surface area contributed by atoms with Crippen molar-refractivity contribution in [1.29, 1.82) is 0 Å². The molecule has 2 N–H and O–H groups in total. The third kappa shape index (κ3) is 3.94. The average Bonchev–Trinajstić information content (AvgIpc) is 2.98. The zero-order valence-corrected chi connectivity index (χ0v) is 10.7. The number of hydrogen-bond donors (Lipinski definition) is 1. The lowest BCUT2D eigenvalue weighted by molar-refractivity contribution is 0.589. The first-order chi connectivity index (χ1) is 8.38. The van der Waals surface area contributed by atoms with E-state index in [1.807, 2.05) is 10.9 Å². The normalized spacial score (nSPS) is 10.9. The third-order valence-corrected chi connectivity index (χ3v) is 3.41. The molecule has 0 radical (unpaired) electrons. The highest BCUT2D eigenvalue weighted by Crippen LogP contribution is 2.08. The fourth-order valence-corrected chi connectivity index (χ4v) is 2.39. The molecule has 0 fully saturated rings. The zero-order chi connectivity index (χ0) is 11.9. The van der Waals surface area contributed by atoms with Crippen LogP contribution in [0.5, 0.6) is 0 Å². The van der Waals surface area contributed by atoms with E-state index < -0.39 is 0 Å². The fraction of sp³-hybridized carbons (Fsp3) is 0.500. The van der Waals surface area contributed by atoms with E-state index in [1.54, 1.807) is 11.3 Å². The molecule has 2 rings (SSSR count). The Labute approximate surface area is 105 Å². The molecule has 92 valence electrons. The molecule has 0 amide bonds. The molecule has 2 aromatic heterocycles. The van der Waals surface area contributed by atoms with Crippen LogP contribution in [-0.2, 0) is 19.4 Å². The van der Waals surface area contributed by atoms with Gasteiger partial charge < -0.3 is 5.73 Å². The minimum absolute atomic E-state index is 0.756. The average molecular weight is 250 g/mol. The zero-order valence-electron chi connectivity index (χ0n) is 9.88. The van der Waals surface area contributed by atoms with Crippen LogP contribution in [0.3, 0.4) is 0 Å². The number of unbranched alkanes of at least 4 members (excludes halogenated alkanes) is 1. The topological polar surface area (TPSA) is 56.7 Å². The van der Waals surface area contributed by atoms with Crippen LogP contribution in [0, 0.1) is 0 Å². The Morgan fingerprint density at radius 2 is 2.24 bits per heavy atom. The van der Waals surface area contributed by atoms with Crippen LogP contribution in [0.2, 0.25) is 0 Å². The molecule has 0 aliphatic carbocycles. The largest absolute Gasteiger partial charge is 0.330 e. The molecule has 0 unspecified atom stereocenters. The van der Waals surface area contributed by atoms with Crippen LogP contribution in [0.1, 0.15) is 24.1 Å². The molecule has 4 nitrogen and oxygen atoms in total. The number of hydrogen-bond acceptors (Lipinski definition) is 4. The summed E-state index contributed by atoms with van der Waals surface area (Å²) in [5.41, 5.74) is 7.90. The molecule has 0 aliphatic heterocycles. The van der Waals surface area contributed by atoms with Gasteiger partial charge in [0.25, 0.3) is 0 Å². The second-order valence-electron chi connectivity index (χ2n) is 4.10. The number of nitrogens with zero attached hydrogens (tertiary/aromatic N) is 3. The van der Waals surface area contributed by atoms with E-state index in [2.05, 4.69) is 27.1 Å². The first kappa shape index (κ1) is 12.3. The Morgan fingerprint density at radius 1 is 1.29 bits per heavy atom. The van der Waals surface area contributed by atoms with Crippen LogP contribution in [0.4, 0.5) is 0 Å². The lowest BCUT2D eigenvalue weighted by atomic mass is 10.2. The maximum atomic E-state index is 5.46. The van der Waals surface area contributed by atoms with E-state index in [0.717, 1.165) is 44.5 Å². The van der Waals surface area contributed by atoms with Crippen molar-refractivity contribution in [2.45, 2.75) is 32.2 Å². The maximum absolute atomic E-state index is 5.46. The molecule has 17 heavy (non-hydrogen) atoms. The first-order valence-corrected chi connectivity index (χ1v) is 6.93. The highest BCUT2D eigenvalue weighted by atomic mass is 32.1. The number of rotatable bonds is 7. The molecule has 0 saturated carbocycles. The van der Waals surface area contributed by atoms with Crippen LogP contribution in [0.25, 0.3) is 0 Å². The summed E-state index contributed by atoms with van der Waals surface area (Å²) in [7, 11) is 0. The van der Waals surface area contributed by atoms with E-state index in [-0.39, 0.29) is 0 Å². The Kier molecular flexibility index (Phi) is 4.70. The summed E-state index contributed by atoms with van der Waals surface area (Å²) in [5, 5.41) is 12.6. The summed E-state index contributed by atoms with van der Waals surface area (Å²) < 4.78 is 1.93. The van der Waals surface area contributed by atoms with E-state index in [0.29, 0.717) is 0 Å². The van der Waals surface area contributed by atoms with Gasteiger partial charge in [0.05, 0.1) is 5.69 Å². The molecule has 0 saturated heterocycles. The summed E-state index contributed by atoms with van der Waals surface area (Å²) in [5.74, 6) is 0. The Morgan fingerprint density at radius 3 is 3.00 bits per heavy atom. The van der Waals surface area contributed by atoms with Crippen LogP contribution < -0.4 is 5.73 Å². The smallest absolute Gasteiger partial charge is 0.0827 e. The Balaban J connectivity index is 1.77. The highest BCUT2D eigenvalue weighted by Gasteiger charge is 2.01. The molecule has 0 spiro atoms. The molecule has 2 aromatic rings. The number of nitrogens with two attached hydrogens (primary N) is 1. The predicted molar refractivity (Wildman–Crippen MR) is 70.0 cm³/mol. The van der Waals surface area contributed by atoms with Gasteiger partial charge in [-0.25, -0.2) is 0 Å². The van der Waals surface area contributed by atoms with Crippen molar-refractivity contribution < 1.29 is 0 Å². The van der Waals surface area contributed by atoms with Gasteiger partial charge in [0, 0.05) is 12.7 Å². The Hall–Kier alpha value is -1.20. The minimum Gasteiger partial charge on any atom is -0.330 e. The first-order valence-electron chi connectivity index (χ1n) is 5.98. The van der Waals surface area contributed by atoms with Gasteiger partial charge in [0.15, 0.2) is 0 Å². The number of thiophene rings is 1. The second-order valence-corrected chi connectivity index (χ2v) is 4.88. The molecule has 2 heterocycles. The second kappa shape index (κ2) is 6.51. The van der Waals surface area contributed by atoms with Crippen molar-refractivity contribution in [3.05, 3.63) is 34.3 Å². The van der Waals surface area contributed by atoms with Crippen LogP contribution in [0.15, 0.2) is 23.0 Å². The molecule has 0 aliphatic rings. The standard InChI is InChI=1S/C12H18N4S/c13-6-2-1-3-12-9-16(15-14-12)7-4-11-5-8-17-10-11/h5,8-10H,1-4,6-7,13H2. The summed E-state index contributed by atoms with van der Waals surface area (Å²) in [4.78, 5) is 0. The summed E-state index contributed by atoms with van der Waals surface area (Å²) in [6.07, 6.45) is 6.20. The van der Waals surface area contributed by atoms with Crippen LogP contribution in [-0.4, -0.2) is 21.5 Å². The van der Waals surface area contributed by atoms with E-state index in [4.69, 9.17) is 5.73 Å². The van der Waals surface area contributed by atoms with Gasteiger partial charge in [-0.1, -0.05) is 5.21 Å². The van der Waals surface area contributed by atoms with Crippen molar-refractivity contribution in [3.8, 4) is 0 Å². The van der Waals surface area contributed by atoms with Gasteiger partial charge >= 0.3 is 0 Å². The van der Waals surface area contributed by atoms with Crippen molar-refractivity contribution in [3.63, 3.8) is 0 Å². The quantitative estimate of drug-likeness (QED) is 0.763. The van der Waals surface area contributed by atoms with Gasteiger partial charge in [-0.15, -0.1) is 5.10 Å². The van der Waals surface area contributed by atoms with Gasteiger partial charge in [-0.2, -0.15) is 11.3 Å². The Bertz CT molecular complexity index is 421. The van der Waals surface area contributed by atoms with Gasteiger partial charge in [0.1, 0.15) is 0 Å². The monoisotopic (exact) mass is 250 g/mol. The molecule has 0 atom stereocenters. The third-order valence-electron chi connectivity index (χ3n) is 2.68. The van der Waals surface area contributed by atoms with Gasteiger partial charge in [0.2, 0.25) is 0 Å². The van der Waals surface area contributed by atoms with Crippen molar-refractivity contribution in [2.24, 2.45) is 5.73 Å². The minimum atomic E-state index is 0.756. The number of aromatic nitrogens is 3. The summed E-state index contributed by atoms with van der Waals surface area (Å²) in [6, 6.07) is 2.16. The van der Waals surface area contributed by atoms with E-state index in [9.17, 15) is 0 Å². The SMILES string of the molecule is NCCCCc1cn(CCc2ccsc2)nn1. The lowest BCUT2D eigenvalue weighted by Crippen LogP contribution is -2.01. The summed E-state index contributed by atoms with van der Waals surface area (Å²) >= 11 is 1.74. The molecular formula is C12H18N4S. The van der Waals surface area contributed by atoms with E-state index in [1.165, 1.54) is 5.56 Å². The molecule has 0 aromatic carbocycles. The summed E-state index contributed by atoms with van der Waals surface area (Å²) in [6.45, 7) is 1.66.